The summed E-state index contributed by atoms with van der Waals surface area (Å²) in [5.74, 6) is -1.56. The van der Waals surface area contributed by atoms with Gasteiger partial charge in [0.15, 0.2) is 20.9 Å². The minimum absolute atomic E-state index is 0.00964. The quantitative estimate of drug-likeness (QED) is 0.591. The van der Waals surface area contributed by atoms with Crippen LogP contribution in [0.15, 0.2) is 24.3 Å². The van der Waals surface area contributed by atoms with Gasteiger partial charge in [-0.1, -0.05) is 32.9 Å². The lowest BCUT2D eigenvalue weighted by Gasteiger charge is -2.51. The number of hydrogen-bond donors (Lipinski definition) is 2. The molecule has 3 rings (SSSR count). The molecule has 192 valence electrons. The van der Waals surface area contributed by atoms with Gasteiger partial charge in [0.1, 0.15) is 24.0 Å². The number of rotatable bonds is 5. The molecule has 34 heavy (non-hydrogen) atoms. The van der Waals surface area contributed by atoms with E-state index >= 15 is 0 Å². The van der Waals surface area contributed by atoms with Crippen LogP contribution in [0, 0.1) is 0 Å². The first kappa shape index (κ1) is 26.9. The van der Waals surface area contributed by atoms with Gasteiger partial charge in [-0.2, -0.15) is 13.2 Å². The van der Waals surface area contributed by atoms with E-state index in [9.17, 15) is 23.1 Å². The van der Waals surface area contributed by atoms with E-state index in [4.69, 9.17) is 23.4 Å². The third-order valence-electron chi connectivity index (χ3n) is 6.54. The maximum atomic E-state index is 13.0. The van der Waals surface area contributed by atoms with Gasteiger partial charge in [0, 0.05) is 5.56 Å². The fraction of sp³-hybridized carbons (Fsp3) is 0.682. The second-order valence-electron chi connectivity index (χ2n) is 9.94. The maximum absolute atomic E-state index is 13.0. The number of alkyl halides is 3. The van der Waals surface area contributed by atoms with Crippen molar-refractivity contribution in [2.24, 2.45) is 0 Å². The Labute approximate surface area is 197 Å². The highest BCUT2D eigenvalue weighted by molar-refractivity contribution is 6.74. The van der Waals surface area contributed by atoms with Crippen LogP contribution in [0.4, 0.5) is 13.2 Å². The van der Waals surface area contributed by atoms with Crippen LogP contribution in [0.5, 0.6) is 5.75 Å². The number of ether oxygens (including phenoxy) is 4. The number of halogens is 3. The molecule has 1 aromatic rings. The zero-order chi connectivity index (χ0) is 25.5. The first-order chi connectivity index (χ1) is 15.6. The van der Waals surface area contributed by atoms with E-state index in [0.717, 1.165) is 0 Å². The molecule has 2 saturated heterocycles. The summed E-state index contributed by atoms with van der Waals surface area (Å²) in [4.78, 5) is 11.8. The molecule has 0 saturated carbocycles. The van der Waals surface area contributed by atoms with Crippen LogP contribution in [0.25, 0.3) is 0 Å². The Balaban J connectivity index is 1.93. The number of fused-ring (bicyclic) bond motifs is 1. The van der Waals surface area contributed by atoms with Crippen molar-refractivity contribution in [1.82, 2.24) is 5.32 Å². The van der Waals surface area contributed by atoms with Crippen LogP contribution < -0.4 is 10.1 Å². The summed E-state index contributed by atoms with van der Waals surface area (Å²) < 4.78 is 68.1. The van der Waals surface area contributed by atoms with E-state index < -0.39 is 57.3 Å². The van der Waals surface area contributed by atoms with Gasteiger partial charge in [0.05, 0.1) is 19.8 Å². The third-order valence-corrected chi connectivity index (χ3v) is 11.0. The molecular weight excluding hydrogens is 475 g/mol. The van der Waals surface area contributed by atoms with Crippen LogP contribution in [0.3, 0.4) is 0 Å². The van der Waals surface area contributed by atoms with Crippen molar-refractivity contribution in [3.05, 3.63) is 29.8 Å². The Kier molecular flexibility index (Phi) is 7.71. The second-order valence-corrected chi connectivity index (χ2v) is 14.7. The monoisotopic (exact) mass is 507 g/mol. The molecule has 1 amide bonds. The fourth-order valence-corrected chi connectivity index (χ4v) is 4.88. The second kappa shape index (κ2) is 9.74. The molecule has 12 heteroatoms. The molecule has 0 bridgehead atoms. The predicted octanol–water partition coefficient (Wildman–Crippen LogP) is 3.26. The molecule has 2 N–H and O–H groups in total. The molecule has 8 nitrogen and oxygen atoms in total. The summed E-state index contributed by atoms with van der Waals surface area (Å²) in [6.45, 7) is 9.78. The van der Waals surface area contributed by atoms with Gasteiger partial charge in [-0.15, -0.1) is 0 Å². The van der Waals surface area contributed by atoms with E-state index in [1.165, 1.54) is 7.11 Å². The molecule has 0 aliphatic carbocycles. The van der Waals surface area contributed by atoms with E-state index in [0.29, 0.717) is 11.3 Å². The van der Waals surface area contributed by atoms with Crippen molar-refractivity contribution in [3.63, 3.8) is 0 Å². The van der Waals surface area contributed by atoms with Crippen molar-refractivity contribution >= 4 is 14.2 Å². The number of nitrogens with one attached hydrogen (secondary N) is 1. The van der Waals surface area contributed by atoms with Gasteiger partial charge in [-0.3, -0.25) is 4.79 Å². The van der Waals surface area contributed by atoms with Crippen molar-refractivity contribution in [2.75, 3.05) is 13.7 Å². The van der Waals surface area contributed by atoms with E-state index in [2.05, 4.69) is 0 Å². The Hall–Kier alpha value is -1.70. The van der Waals surface area contributed by atoms with Gasteiger partial charge in [0.25, 0.3) is 0 Å². The topological polar surface area (TPSA) is 95.5 Å². The van der Waals surface area contributed by atoms with Gasteiger partial charge in [0.2, 0.25) is 0 Å². The largest absolute Gasteiger partial charge is 0.497 e. The molecule has 0 aromatic heterocycles. The lowest BCUT2D eigenvalue weighted by atomic mass is 9.95. The molecule has 6 atom stereocenters. The molecule has 1 aromatic carbocycles. The van der Waals surface area contributed by atoms with Crippen LogP contribution in [0.2, 0.25) is 18.1 Å². The number of benzene rings is 1. The molecule has 2 aliphatic heterocycles. The summed E-state index contributed by atoms with van der Waals surface area (Å²) in [6, 6.07) is 5.44. The number of carbonyl (C=O) groups is 1. The summed E-state index contributed by atoms with van der Waals surface area (Å²) >= 11 is 0. The summed E-state index contributed by atoms with van der Waals surface area (Å²) in [7, 11) is -1.05. The zero-order valence-corrected chi connectivity index (χ0v) is 21.0. The van der Waals surface area contributed by atoms with Crippen LogP contribution >= 0.6 is 0 Å². The van der Waals surface area contributed by atoms with Crippen LogP contribution in [-0.4, -0.2) is 69.9 Å². The number of methoxy groups -OCH3 is 1. The standard InChI is InChI=1S/C22H32F3NO7Si/c1-21(2,3)34(5,6)33-17-15(26-20(28)22(23,24)25)18(27)31-14-11-30-19(32-16(14)17)12-7-9-13(29-4)10-8-12/h7-10,14-19,27H,11H2,1-6H3,(H,26,28)/t14-,15?,16-,17-,18?,19?/m1/s1. The molecule has 0 radical (unpaired) electrons. The summed E-state index contributed by atoms with van der Waals surface area (Å²) in [5.41, 5.74) is 0.660. The lowest BCUT2D eigenvalue weighted by molar-refractivity contribution is -0.336. The average molecular weight is 508 g/mol. The van der Waals surface area contributed by atoms with Crippen LogP contribution in [-0.2, 0) is 23.4 Å². The molecular formula is C22H32F3NO7Si. The van der Waals surface area contributed by atoms with E-state index in [1.54, 1.807) is 24.3 Å². The Morgan fingerprint density at radius 1 is 1.15 bits per heavy atom. The van der Waals surface area contributed by atoms with Crippen molar-refractivity contribution in [1.29, 1.82) is 0 Å². The zero-order valence-electron chi connectivity index (χ0n) is 20.0. The van der Waals surface area contributed by atoms with Crippen molar-refractivity contribution in [3.8, 4) is 5.75 Å². The molecule has 3 unspecified atom stereocenters. The molecule has 2 fully saturated rings. The number of hydrogen-bond acceptors (Lipinski definition) is 7. The van der Waals surface area contributed by atoms with Crippen molar-refractivity contribution in [2.45, 2.75) is 82.0 Å². The average Bonchev–Trinajstić information content (AvgIpc) is 2.74. The smallest absolute Gasteiger partial charge is 0.471 e. The molecule has 2 aliphatic rings. The first-order valence-electron chi connectivity index (χ1n) is 10.9. The van der Waals surface area contributed by atoms with Gasteiger partial charge in [-0.25, -0.2) is 0 Å². The Morgan fingerprint density at radius 3 is 2.29 bits per heavy atom. The number of carbonyl (C=O) groups excluding carboxylic acids is 1. The number of amides is 1. The lowest BCUT2D eigenvalue weighted by Crippen LogP contribution is -2.69. The third kappa shape index (κ3) is 5.74. The highest BCUT2D eigenvalue weighted by atomic mass is 28.4. The SMILES string of the molecule is COc1ccc(C2OC[C@H]3OC(O)C(NC(=O)C(F)(F)F)[C@@H](O[Si](C)(C)C(C)(C)C)[C@@H]3O2)cc1. The predicted molar refractivity (Wildman–Crippen MR) is 117 cm³/mol. The van der Waals surface area contributed by atoms with Gasteiger partial charge in [-0.05, 0) is 30.3 Å². The number of aliphatic hydroxyl groups is 1. The minimum Gasteiger partial charge on any atom is -0.497 e. The highest BCUT2D eigenvalue weighted by Gasteiger charge is 2.55. The Morgan fingerprint density at radius 2 is 1.76 bits per heavy atom. The highest BCUT2D eigenvalue weighted by Crippen LogP contribution is 2.42. The summed E-state index contributed by atoms with van der Waals surface area (Å²) in [5, 5.41) is 12.1. The normalized spacial score (nSPS) is 30.4. The van der Waals surface area contributed by atoms with E-state index in [1.807, 2.05) is 39.2 Å². The molecule has 2 heterocycles. The minimum atomic E-state index is -5.14. The van der Waals surface area contributed by atoms with Gasteiger partial charge < -0.3 is 33.8 Å². The van der Waals surface area contributed by atoms with Gasteiger partial charge >= 0.3 is 12.1 Å². The van der Waals surface area contributed by atoms with Crippen molar-refractivity contribution < 1.29 is 46.4 Å². The van der Waals surface area contributed by atoms with E-state index in [-0.39, 0.29) is 11.6 Å². The molecule has 0 spiro atoms. The van der Waals surface area contributed by atoms with Crippen LogP contribution in [0.1, 0.15) is 32.6 Å². The first-order valence-corrected chi connectivity index (χ1v) is 13.8. The maximum Gasteiger partial charge on any atom is 0.471 e. The summed E-state index contributed by atoms with van der Waals surface area (Å²) in [6.07, 6.45) is -10.6. The fourth-order valence-electron chi connectivity index (χ4n) is 3.56. The number of aliphatic hydroxyl groups excluding tert-OH is 1. The Bertz CT molecular complexity index is 860.